The third-order valence-corrected chi connectivity index (χ3v) is 7.11. The molecule has 0 amide bonds. The Balaban J connectivity index is 1.47. The van der Waals surface area contributed by atoms with E-state index in [4.69, 9.17) is 23.4 Å². The normalized spacial score (nSPS) is 34.0. The van der Waals surface area contributed by atoms with Crippen LogP contribution in [0, 0.1) is 0 Å². The summed E-state index contributed by atoms with van der Waals surface area (Å²) in [5, 5.41) is 81.4. The lowest BCUT2D eigenvalue weighted by atomic mass is 9.97. The fourth-order valence-corrected chi connectivity index (χ4v) is 4.79. The standard InChI is InChI=1S/C27H30O14/c1-10-20(32)22(34)24(36)26(37-10)41-25-23(35)21(33)18(9-28)40-27(25)38-13-6-14(30)19-15(31)8-16(39-17(19)7-13)11-2-4-12(29)5-3-11/h2-8,10,18,20-30,32-36H,9H2,1H3/t10-,18?,20-,21+,22?,23-,24+,25?,26?,27+/m0/s1. The summed E-state index contributed by atoms with van der Waals surface area (Å²) in [6.07, 6.45) is -15.3. The van der Waals surface area contributed by atoms with Crippen molar-refractivity contribution in [1.82, 2.24) is 0 Å². The topological polar surface area (TPSA) is 229 Å². The van der Waals surface area contributed by atoms with Crippen molar-refractivity contribution in [2.45, 2.75) is 68.3 Å². The maximum atomic E-state index is 12.8. The first-order chi connectivity index (χ1) is 19.5. The fourth-order valence-electron chi connectivity index (χ4n) is 4.79. The number of hydrogen-bond acceptors (Lipinski definition) is 14. The average Bonchev–Trinajstić information content (AvgIpc) is 2.94. The van der Waals surface area contributed by atoms with E-state index in [9.17, 15) is 45.6 Å². The second kappa shape index (κ2) is 11.5. The Hall–Kier alpha value is -3.31. The highest BCUT2D eigenvalue weighted by Gasteiger charge is 2.50. The quantitative estimate of drug-likeness (QED) is 0.174. The molecule has 0 saturated carbocycles. The zero-order chi connectivity index (χ0) is 29.6. The summed E-state index contributed by atoms with van der Waals surface area (Å²) >= 11 is 0. The minimum atomic E-state index is -1.76. The van der Waals surface area contributed by atoms with Gasteiger partial charge in [0.05, 0.1) is 12.7 Å². The molecule has 2 aliphatic rings. The van der Waals surface area contributed by atoms with Crippen LogP contribution in [0.15, 0.2) is 51.7 Å². The van der Waals surface area contributed by atoms with Crippen molar-refractivity contribution in [2.24, 2.45) is 0 Å². The van der Waals surface area contributed by atoms with Crippen LogP contribution in [0.25, 0.3) is 22.3 Å². The van der Waals surface area contributed by atoms with Crippen LogP contribution in [0.3, 0.4) is 0 Å². The van der Waals surface area contributed by atoms with Crippen molar-refractivity contribution in [3.05, 3.63) is 52.7 Å². The largest absolute Gasteiger partial charge is 0.508 e. The van der Waals surface area contributed by atoms with Gasteiger partial charge in [0.25, 0.3) is 0 Å². The molecule has 8 N–H and O–H groups in total. The molecule has 2 aliphatic heterocycles. The van der Waals surface area contributed by atoms with Gasteiger partial charge in [-0.1, -0.05) is 0 Å². The molecule has 2 fully saturated rings. The summed E-state index contributed by atoms with van der Waals surface area (Å²) in [7, 11) is 0. The molecular formula is C27H30O14. The van der Waals surface area contributed by atoms with Crippen LogP contribution in [-0.4, -0.2) is 109 Å². The zero-order valence-electron chi connectivity index (χ0n) is 21.5. The molecule has 3 aromatic rings. The van der Waals surface area contributed by atoms with Crippen LogP contribution in [0.2, 0.25) is 0 Å². The van der Waals surface area contributed by atoms with E-state index in [1.54, 1.807) is 0 Å². The van der Waals surface area contributed by atoms with E-state index in [2.05, 4.69) is 0 Å². The molecule has 10 atom stereocenters. The number of aliphatic hydroxyl groups is 6. The zero-order valence-corrected chi connectivity index (χ0v) is 21.5. The van der Waals surface area contributed by atoms with E-state index in [1.807, 2.05) is 0 Å². The Bertz CT molecular complexity index is 1420. The molecule has 222 valence electrons. The second-order valence-corrected chi connectivity index (χ2v) is 9.94. The number of aliphatic hydroxyl groups excluding tert-OH is 6. The van der Waals surface area contributed by atoms with E-state index in [1.165, 1.54) is 43.3 Å². The Kier molecular flexibility index (Phi) is 8.20. The molecule has 5 rings (SSSR count). The van der Waals surface area contributed by atoms with Crippen molar-refractivity contribution in [1.29, 1.82) is 0 Å². The van der Waals surface area contributed by atoms with Crippen molar-refractivity contribution in [3.8, 4) is 28.6 Å². The molecule has 4 unspecified atom stereocenters. The van der Waals surface area contributed by atoms with E-state index in [-0.39, 0.29) is 28.2 Å². The van der Waals surface area contributed by atoms with E-state index >= 15 is 0 Å². The van der Waals surface area contributed by atoms with Crippen LogP contribution < -0.4 is 10.2 Å². The molecule has 14 heteroatoms. The number of rotatable bonds is 6. The molecule has 0 spiro atoms. The SMILES string of the molecule is C[C@@H]1OC(OC2[C@H](Oc3cc(O)c4c(=O)cc(-c5ccc(O)cc5)oc4c3)OC(CO)[C@@H](O)[C@@H]2O)[C@H](O)C(O)[C@H]1O. The highest BCUT2D eigenvalue weighted by atomic mass is 16.8. The fraction of sp³-hybridized carbons (Fsp3) is 0.444. The summed E-state index contributed by atoms with van der Waals surface area (Å²) in [5.74, 6) is -0.498. The molecule has 3 heterocycles. The lowest BCUT2D eigenvalue weighted by molar-refractivity contribution is -0.354. The van der Waals surface area contributed by atoms with Crippen molar-refractivity contribution < 1.29 is 64.2 Å². The Morgan fingerprint density at radius 3 is 2.22 bits per heavy atom. The maximum absolute atomic E-state index is 12.8. The van der Waals surface area contributed by atoms with Gasteiger partial charge in [-0.15, -0.1) is 0 Å². The monoisotopic (exact) mass is 578 g/mol. The van der Waals surface area contributed by atoms with Gasteiger partial charge in [-0.25, -0.2) is 0 Å². The van der Waals surface area contributed by atoms with Crippen molar-refractivity contribution >= 4 is 11.0 Å². The summed E-state index contributed by atoms with van der Waals surface area (Å²) < 4.78 is 28.4. The van der Waals surface area contributed by atoms with Gasteiger partial charge in [0, 0.05) is 23.8 Å². The third kappa shape index (κ3) is 5.61. The van der Waals surface area contributed by atoms with Gasteiger partial charge in [0.1, 0.15) is 70.6 Å². The summed E-state index contributed by atoms with van der Waals surface area (Å²) in [6, 6.07) is 9.38. The number of ether oxygens (including phenoxy) is 4. The highest BCUT2D eigenvalue weighted by Crippen LogP contribution is 2.35. The first-order valence-electron chi connectivity index (χ1n) is 12.7. The summed E-state index contributed by atoms with van der Waals surface area (Å²) in [4.78, 5) is 12.8. The Labute approximate surface area is 231 Å². The molecule has 2 saturated heterocycles. The average molecular weight is 579 g/mol. The predicted octanol–water partition coefficient (Wildman–Crippen LogP) is -1.10. The van der Waals surface area contributed by atoms with Gasteiger partial charge in [-0.05, 0) is 31.2 Å². The number of phenolic OH excluding ortho intramolecular Hbond substituents is 2. The second-order valence-electron chi connectivity index (χ2n) is 9.94. The number of phenols is 2. The van der Waals surface area contributed by atoms with E-state index in [0.717, 1.165) is 6.07 Å². The van der Waals surface area contributed by atoms with E-state index in [0.29, 0.717) is 5.56 Å². The van der Waals surface area contributed by atoms with Gasteiger partial charge in [-0.3, -0.25) is 4.79 Å². The molecular weight excluding hydrogens is 548 g/mol. The first kappa shape index (κ1) is 29.2. The van der Waals surface area contributed by atoms with Gasteiger partial charge < -0.3 is 64.2 Å². The highest BCUT2D eigenvalue weighted by molar-refractivity contribution is 5.86. The van der Waals surface area contributed by atoms with Gasteiger partial charge in [0.15, 0.2) is 17.8 Å². The minimum Gasteiger partial charge on any atom is -0.508 e. The number of fused-ring (bicyclic) bond motifs is 1. The molecule has 0 bridgehead atoms. The number of aromatic hydroxyl groups is 2. The minimum absolute atomic E-state index is 0.00857. The molecule has 0 radical (unpaired) electrons. The number of hydrogen-bond donors (Lipinski definition) is 8. The molecule has 1 aromatic heterocycles. The maximum Gasteiger partial charge on any atom is 0.229 e. The smallest absolute Gasteiger partial charge is 0.229 e. The van der Waals surface area contributed by atoms with Crippen LogP contribution in [0.1, 0.15) is 6.92 Å². The third-order valence-electron chi connectivity index (χ3n) is 7.11. The van der Waals surface area contributed by atoms with Gasteiger partial charge in [0.2, 0.25) is 6.29 Å². The molecule has 41 heavy (non-hydrogen) atoms. The van der Waals surface area contributed by atoms with Crippen LogP contribution in [-0.2, 0) is 14.2 Å². The van der Waals surface area contributed by atoms with Crippen LogP contribution in [0.5, 0.6) is 17.2 Å². The number of benzene rings is 2. The van der Waals surface area contributed by atoms with Crippen LogP contribution in [0.4, 0.5) is 0 Å². The summed E-state index contributed by atoms with van der Waals surface area (Å²) in [6.45, 7) is 0.704. The lowest BCUT2D eigenvalue weighted by Gasteiger charge is -2.45. The summed E-state index contributed by atoms with van der Waals surface area (Å²) in [5.41, 5.74) is -0.182. The molecule has 2 aromatic carbocycles. The lowest BCUT2D eigenvalue weighted by Crippen LogP contribution is -2.64. The molecule has 0 aliphatic carbocycles. The predicted molar refractivity (Wildman–Crippen MR) is 137 cm³/mol. The first-order valence-corrected chi connectivity index (χ1v) is 12.7. The van der Waals surface area contributed by atoms with Gasteiger partial charge >= 0.3 is 0 Å². The Morgan fingerprint density at radius 1 is 0.829 bits per heavy atom. The van der Waals surface area contributed by atoms with Crippen molar-refractivity contribution in [3.63, 3.8) is 0 Å². The van der Waals surface area contributed by atoms with Crippen LogP contribution >= 0.6 is 0 Å². The van der Waals surface area contributed by atoms with Crippen molar-refractivity contribution in [2.75, 3.05) is 6.61 Å². The van der Waals surface area contributed by atoms with Gasteiger partial charge in [-0.2, -0.15) is 0 Å². The Morgan fingerprint density at radius 2 is 1.54 bits per heavy atom. The van der Waals surface area contributed by atoms with E-state index < -0.39 is 79.2 Å². The molecule has 14 nitrogen and oxygen atoms in total.